The Morgan fingerprint density at radius 1 is 0.519 bits per heavy atom. The quantitative estimate of drug-likeness (QED) is 0.400. The molecule has 130 valence electrons. The molecule has 5 rings (SSSR count). The van der Waals surface area contributed by atoms with Crippen LogP contribution in [-0.4, -0.2) is 13.3 Å². The third-order valence-electron chi connectivity index (χ3n) is 6.04. The second-order valence-corrected chi connectivity index (χ2v) is 15.8. The van der Waals surface area contributed by atoms with Crippen LogP contribution in [0.25, 0.3) is 22.3 Å². The molecule has 1 heteroatoms. The zero-order valence-corrected chi connectivity index (χ0v) is 17.8. The minimum absolute atomic E-state index is 1.32. The summed E-state index contributed by atoms with van der Waals surface area (Å²) in [6.45, 7) is 2.19. The predicted octanol–water partition coefficient (Wildman–Crippen LogP) is 4.74. The van der Waals surface area contributed by atoms with E-state index in [4.69, 9.17) is 0 Å². The summed E-state index contributed by atoms with van der Waals surface area (Å²) in [5, 5.41) is 0. The van der Waals surface area contributed by atoms with E-state index >= 15 is 0 Å². The van der Waals surface area contributed by atoms with Gasteiger partial charge >= 0.3 is 164 Å². The van der Waals surface area contributed by atoms with Crippen molar-refractivity contribution in [1.82, 2.24) is 0 Å². The summed E-state index contributed by atoms with van der Waals surface area (Å²) in [6, 6.07) is 36.4. The van der Waals surface area contributed by atoms with Crippen LogP contribution < -0.4 is 13.2 Å². The fraction of sp³-hybridized carbons (Fsp3) is 0.0769. The van der Waals surface area contributed by atoms with Crippen molar-refractivity contribution in [1.29, 1.82) is 0 Å². The molecule has 0 spiro atoms. The number of fused-ring (bicyclic) bond motifs is 5. The number of hydrogen-bond acceptors (Lipinski definition) is 0. The van der Waals surface area contributed by atoms with E-state index in [9.17, 15) is 0 Å². The van der Waals surface area contributed by atoms with E-state index in [1.54, 1.807) is 8.79 Å². The maximum absolute atomic E-state index is 2.79. The Morgan fingerprint density at radius 2 is 1.07 bits per heavy atom. The molecule has 1 aliphatic heterocycles. The molecule has 0 aliphatic carbocycles. The molecule has 1 atom stereocenters. The fourth-order valence-corrected chi connectivity index (χ4v) is 13.3. The zero-order chi connectivity index (χ0) is 18.4. The minimum atomic E-state index is -2.79. The number of benzene rings is 4. The molecule has 0 amide bonds. The van der Waals surface area contributed by atoms with Crippen molar-refractivity contribution in [3.8, 4) is 22.3 Å². The van der Waals surface area contributed by atoms with Crippen LogP contribution in [0.15, 0.2) is 97.1 Å². The molecule has 1 heterocycles. The molecule has 4 aromatic carbocycles. The van der Waals surface area contributed by atoms with Crippen LogP contribution in [-0.2, 0) is 0 Å². The van der Waals surface area contributed by atoms with Crippen molar-refractivity contribution in [3.05, 3.63) is 103 Å². The van der Waals surface area contributed by atoms with Crippen molar-refractivity contribution in [2.45, 2.75) is 12.7 Å². The Bertz CT molecular complexity index is 1140. The van der Waals surface area contributed by atoms with Gasteiger partial charge in [-0.3, -0.25) is 0 Å². The number of rotatable bonds is 1. The van der Waals surface area contributed by atoms with Crippen LogP contribution in [0.1, 0.15) is 5.56 Å². The summed E-state index contributed by atoms with van der Waals surface area (Å²) >= 11 is -2.79. The first kappa shape index (κ1) is 16.6. The van der Waals surface area contributed by atoms with Crippen molar-refractivity contribution >= 4 is 26.5 Å². The molecular weight excluding hydrogens is 385 g/mol. The van der Waals surface area contributed by atoms with E-state index in [1.165, 1.54) is 32.2 Å². The molecule has 0 radical (unpaired) electrons. The second kappa shape index (κ2) is 6.25. The second-order valence-electron chi connectivity index (χ2n) is 7.63. The Kier molecular flexibility index (Phi) is 3.84. The van der Waals surface area contributed by atoms with Crippen LogP contribution in [0.4, 0.5) is 0 Å². The molecule has 0 N–H and O–H groups in total. The van der Waals surface area contributed by atoms with Crippen molar-refractivity contribution in [2.75, 3.05) is 0 Å². The van der Waals surface area contributed by atoms with Gasteiger partial charge in [-0.1, -0.05) is 0 Å². The first-order valence-electron chi connectivity index (χ1n) is 9.55. The standard InChI is InChI=1S/C26H22Ge/c1-19-16-17-21-22-12-6-8-14-25(22)27(2,20-10-4-3-5-11-20)26-15-9-7-13-23(26)24(21)18-19/h3-18H,1-2H3. The molecule has 0 bridgehead atoms. The topological polar surface area (TPSA) is 0 Å². The third-order valence-corrected chi connectivity index (χ3v) is 15.5. The third kappa shape index (κ3) is 2.44. The van der Waals surface area contributed by atoms with E-state index in [1.807, 2.05) is 0 Å². The number of aryl methyl sites for hydroxylation is 1. The summed E-state index contributed by atoms with van der Waals surface area (Å²) in [4.78, 5) is 0. The normalized spacial score (nSPS) is 17.4. The first-order chi connectivity index (χ1) is 13.2. The summed E-state index contributed by atoms with van der Waals surface area (Å²) in [5.41, 5.74) is 6.89. The fourth-order valence-electron chi connectivity index (χ4n) is 4.65. The molecular formula is C26H22Ge. The van der Waals surface area contributed by atoms with E-state index in [2.05, 4.69) is 110 Å². The maximum atomic E-state index is 2.56. The first-order valence-corrected chi connectivity index (χ1v) is 14.8. The Labute approximate surface area is 163 Å². The van der Waals surface area contributed by atoms with E-state index < -0.39 is 13.3 Å². The summed E-state index contributed by atoms with van der Waals surface area (Å²) in [7, 11) is 0. The van der Waals surface area contributed by atoms with Gasteiger partial charge in [0.05, 0.1) is 0 Å². The van der Waals surface area contributed by atoms with Crippen LogP contribution in [0.5, 0.6) is 0 Å². The molecule has 1 unspecified atom stereocenters. The average Bonchev–Trinajstić information content (AvgIpc) is 2.82. The van der Waals surface area contributed by atoms with Crippen molar-refractivity contribution in [2.24, 2.45) is 0 Å². The van der Waals surface area contributed by atoms with Crippen molar-refractivity contribution < 1.29 is 0 Å². The molecule has 0 nitrogen and oxygen atoms in total. The number of hydrogen-bond donors (Lipinski definition) is 0. The van der Waals surface area contributed by atoms with Gasteiger partial charge in [-0.05, 0) is 0 Å². The van der Waals surface area contributed by atoms with Gasteiger partial charge in [0.15, 0.2) is 0 Å². The van der Waals surface area contributed by atoms with Gasteiger partial charge in [0.1, 0.15) is 0 Å². The van der Waals surface area contributed by atoms with Gasteiger partial charge in [0.25, 0.3) is 0 Å². The van der Waals surface area contributed by atoms with Gasteiger partial charge in [0, 0.05) is 0 Å². The van der Waals surface area contributed by atoms with Crippen LogP contribution in [0.3, 0.4) is 0 Å². The Balaban J connectivity index is 1.98. The van der Waals surface area contributed by atoms with E-state index in [0.29, 0.717) is 0 Å². The van der Waals surface area contributed by atoms with Gasteiger partial charge in [-0.25, -0.2) is 0 Å². The molecule has 0 saturated carbocycles. The summed E-state index contributed by atoms with van der Waals surface area (Å²) < 4.78 is 4.63. The van der Waals surface area contributed by atoms with Crippen LogP contribution in [0.2, 0.25) is 5.76 Å². The van der Waals surface area contributed by atoms with Crippen LogP contribution in [0, 0.1) is 6.92 Å². The molecule has 1 aliphatic rings. The Hall–Kier alpha value is -2.58. The zero-order valence-electron chi connectivity index (χ0n) is 15.7. The summed E-state index contributed by atoms with van der Waals surface area (Å²) in [6.07, 6.45) is 0. The molecule has 0 fully saturated rings. The van der Waals surface area contributed by atoms with Gasteiger partial charge in [0.2, 0.25) is 0 Å². The average molecular weight is 407 g/mol. The van der Waals surface area contributed by atoms with Gasteiger partial charge < -0.3 is 0 Å². The van der Waals surface area contributed by atoms with Crippen LogP contribution >= 0.6 is 0 Å². The molecule has 0 aromatic heterocycles. The van der Waals surface area contributed by atoms with Gasteiger partial charge in [-0.15, -0.1) is 0 Å². The molecule has 27 heavy (non-hydrogen) atoms. The predicted molar refractivity (Wildman–Crippen MR) is 119 cm³/mol. The van der Waals surface area contributed by atoms with E-state index in [-0.39, 0.29) is 0 Å². The van der Waals surface area contributed by atoms with E-state index in [0.717, 1.165) is 0 Å². The monoisotopic (exact) mass is 408 g/mol. The van der Waals surface area contributed by atoms with Crippen molar-refractivity contribution in [3.63, 3.8) is 0 Å². The SMILES string of the molecule is Cc1ccc2c(c1)-c1cccc[c]1[Ge]([CH3])([c]1ccccc1)[c]1ccccc1-2. The molecule has 0 saturated heterocycles. The van der Waals surface area contributed by atoms with Gasteiger partial charge in [-0.2, -0.15) is 0 Å². The summed E-state index contributed by atoms with van der Waals surface area (Å²) in [5.74, 6) is 2.56. The Morgan fingerprint density at radius 3 is 1.74 bits per heavy atom. The molecule has 4 aromatic rings.